The minimum absolute atomic E-state index is 0.285. The van der Waals surface area contributed by atoms with E-state index in [4.69, 9.17) is 4.74 Å². The van der Waals surface area contributed by atoms with Crippen molar-refractivity contribution in [2.45, 2.75) is 39.3 Å². The van der Waals surface area contributed by atoms with E-state index in [-0.39, 0.29) is 6.10 Å². The number of allylic oxidation sites excluding steroid dienone is 1. The first kappa shape index (κ1) is 16.3. The number of aryl methyl sites for hydroxylation is 1. The average molecular weight is 332 g/mol. The second kappa shape index (κ2) is 7.36. The van der Waals surface area contributed by atoms with Crippen LogP contribution in [0, 0.1) is 13.8 Å². The number of hydrogen-bond donors (Lipinski definition) is 1. The van der Waals surface area contributed by atoms with E-state index in [2.05, 4.69) is 46.6 Å². The van der Waals surface area contributed by atoms with Crippen LogP contribution in [0.15, 0.2) is 28.8 Å². The van der Waals surface area contributed by atoms with Gasteiger partial charge in [-0.05, 0) is 32.8 Å². The number of thioether (sulfide) groups is 1. The molecule has 0 bridgehead atoms. The smallest absolute Gasteiger partial charge is 0.177 e. The number of nitrogens with one attached hydrogen (secondary N) is 1. The molecule has 0 amide bonds. The van der Waals surface area contributed by atoms with Gasteiger partial charge in [-0.1, -0.05) is 17.8 Å². The van der Waals surface area contributed by atoms with Crippen molar-refractivity contribution in [3.63, 3.8) is 0 Å². The molecule has 0 aromatic carbocycles. The zero-order valence-electron chi connectivity index (χ0n) is 13.8. The summed E-state index contributed by atoms with van der Waals surface area (Å²) in [4.78, 5) is 4.59. The molecule has 1 atom stereocenters. The van der Waals surface area contributed by atoms with Crippen LogP contribution in [0.3, 0.4) is 0 Å². The van der Waals surface area contributed by atoms with Gasteiger partial charge in [-0.2, -0.15) is 5.10 Å². The number of rotatable bonds is 5. The monoisotopic (exact) mass is 332 g/mol. The molecule has 1 N–H and O–H groups in total. The highest BCUT2D eigenvalue weighted by Crippen LogP contribution is 2.21. The largest absolute Gasteiger partial charge is 0.376 e. The molecule has 0 saturated carbocycles. The van der Waals surface area contributed by atoms with Gasteiger partial charge in [-0.15, -0.1) is 6.58 Å². The summed E-state index contributed by atoms with van der Waals surface area (Å²) in [7, 11) is 0. The number of hydrazone groups is 1. The Morgan fingerprint density at radius 2 is 2.43 bits per heavy atom. The molecule has 0 radical (unpaired) electrons. The Bertz CT molecular complexity index is 641. The molecule has 1 aromatic rings. The van der Waals surface area contributed by atoms with Crippen molar-refractivity contribution in [2.75, 3.05) is 18.9 Å². The lowest BCUT2D eigenvalue weighted by Crippen LogP contribution is -2.26. The maximum Gasteiger partial charge on any atom is 0.177 e. The predicted molar refractivity (Wildman–Crippen MR) is 97.5 cm³/mol. The third-order valence-electron chi connectivity index (χ3n) is 4.29. The standard InChI is InChI=1S/C17H24N4OS/c1-4-7-21-12(2)9-15(13(21)3)16-11-23-17(20-19-16)18-10-14-6-5-8-22-14/h4,9,14H,1,5-8,10-11H2,2-3H3,(H,18,20)/t14-/m0/s1. The van der Waals surface area contributed by atoms with Crippen molar-refractivity contribution < 1.29 is 4.74 Å². The first-order chi connectivity index (χ1) is 11.2. The Balaban J connectivity index is 1.67. The number of nitrogens with zero attached hydrogens (tertiary/aromatic N) is 3. The van der Waals surface area contributed by atoms with Crippen LogP contribution in [0.4, 0.5) is 0 Å². The summed E-state index contributed by atoms with van der Waals surface area (Å²) in [6, 6.07) is 2.20. The Kier molecular flexibility index (Phi) is 5.23. The van der Waals surface area contributed by atoms with Crippen LogP contribution >= 0.6 is 11.8 Å². The Morgan fingerprint density at radius 3 is 3.09 bits per heavy atom. The van der Waals surface area contributed by atoms with Gasteiger partial charge in [0, 0.05) is 35.9 Å². The molecule has 0 unspecified atom stereocenters. The van der Waals surface area contributed by atoms with Crippen LogP contribution in [-0.4, -0.2) is 40.5 Å². The van der Waals surface area contributed by atoms with Gasteiger partial charge in [0.05, 0.1) is 18.4 Å². The van der Waals surface area contributed by atoms with Gasteiger partial charge in [0.25, 0.3) is 0 Å². The topological polar surface area (TPSA) is 50.9 Å². The highest BCUT2D eigenvalue weighted by Gasteiger charge is 2.19. The maximum atomic E-state index is 5.60. The molecule has 124 valence electrons. The third-order valence-corrected chi connectivity index (χ3v) is 5.20. The van der Waals surface area contributed by atoms with Crippen molar-refractivity contribution in [1.82, 2.24) is 9.99 Å². The molecule has 1 saturated heterocycles. The van der Waals surface area contributed by atoms with Crippen LogP contribution < -0.4 is 5.43 Å². The Labute approximate surface area is 141 Å². The molecule has 0 spiro atoms. The fourth-order valence-electron chi connectivity index (χ4n) is 3.01. The maximum absolute atomic E-state index is 5.60. The van der Waals surface area contributed by atoms with Gasteiger partial charge < -0.3 is 9.30 Å². The first-order valence-corrected chi connectivity index (χ1v) is 9.07. The van der Waals surface area contributed by atoms with Gasteiger partial charge in [0.1, 0.15) is 0 Å². The summed E-state index contributed by atoms with van der Waals surface area (Å²) in [6.07, 6.45) is 4.48. The molecule has 5 nitrogen and oxygen atoms in total. The van der Waals surface area contributed by atoms with E-state index in [1.807, 2.05) is 6.08 Å². The number of ether oxygens (including phenoxy) is 1. The molecule has 23 heavy (non-hydrogen) atoms. The number of aromatic nitrogens is 1. The lowest BCUT2D eigenvalue weighted by Gasteiger charge is -2.16. The zero-order chi connectivity index (χ0) is 16.2. The zero-order valence-corrected chi connectivity index (χ0v) is 14.7. The van der Waals surface area contributed by atoms with E-state index in [0.29, 0.717) is 0 Å². The Hall–Kier alpha value is -1.53. The molecular weight excluding hydrogens is 308 g/mol. The fraction of sp³-hybridized carbons (Fsp3) is 0.529. The van der Waals surface area contributed by atoms with Gasteiger partial charge in [0.2, 0.25) is 0 Å². The third kappa shape index (κ3) is 3.70. The molecule has 3 rings (SSSR count). The highest BCUT2D eigenvalue weighted by molar-refractivity contribution is 8.14. The first-order valence-electron chi connectivity index (χ1n) is 8.08. The number of amidine groups is 1. The fourth-order valence-corrected chi connectivity index (χ4v) is 3.78. The summed E-state index contributed by atoms with van der Waals surface area (Å²) in [5, 5.41) is 5.43. The molecule has 2 aliphatic heterocycles. The Morgan fingerprint density at radius 1 is 1.57 bits per heavy atom. The second-order valence-electron chi connectivity index (χ2n) is 5.92. The predicted octanol–water partition coefficient (Wildman–Crippen LogP) is 2.87. The molecule has 0 aliphatic carbocycles. The van der Waals surface area contributed by atoms with Crippen molar-refractivity contribution >= 4 is 22.6 Å². The summed E-state index contributed by atoms with van der Waals surface area (Å²) in [5.41, 5.74) is 7.86. The summed E-state index contributed by atoms with van der Waals surface area (Å²) in [5.74, 6) is 0.843. The van der Waals surface area contributed by atoms with Crippen LogP contribution in [0.5, 0.6) is 0 Å². The number of aliphatic imine (C=N–C) groups is 1. The summed E-state index contributed by atoms with van der Waals surface area (Å²) >= 11 is 1.71. The van der Waals surface area contributed by atoms with E-state index in [9.17, 15) is 0 Å². The average Bonchev–Trinajstić information content (AvgIpc) is 3.17. The van der Waals surface area contributed by atoms with Crippen LogP contribution in [0.1, 0.15) is 29.8 Å². The molecule has 1 aromatic heterocycles. The molecule has 6 heteroatoms. The van der Waals surface area contributed by atoms with Gasteiger partial charge in [-0.3, -0.25) is 10.4 Å². The number of hydrogen-bond acceptors (Lipinski definition) is 4. The normalized spacial score (nSPS) is 23.0. The lowest BCUT2D eigenvalue weighted by molar-refractivity contribution is 0.118. The van der Waals surface area contributed by atoms with Crippen LogP contribution in [-0.2, 0) is 11.3 Å². The summed E-state index contributed by atoms with van der Waals surface area (Å²) in [6.45, 7) is 10.5. The highest BCUT2D eigenvalue weighted by atomic mass is 32.2. The van der Waals surface area contributed by atoms with E-state index in [1.165, 1.54) is 17.0 Å². The van der Waals surface area contributed by atoms with E-state index in [1.54, 1.807) is 11.8 Å². The van der Waals surface area contributed by atoms with Crippen molar-refractivity contribution in [3.05, 3.63) is 35.7 Å². The molecule has 3 heterocycles. The minimum atomic E-state index is 0.285. The minimum Gasteiger partial charge on any atom is -0.376 e. The van der Waals surface area contributed by atoms with Gasteiger partial charge >= 0.3 is 0 Å². The lowest BCUT2D eigenvalue weighted by atomic mass is 10.1. The van der Waals surface area contributed by atoms with Crippen molar-refractivity contribution in [3.8, 4) is 0 Å². The summed E-state index contributed by atoms with van der Waals surface area (Å²) < 4.78 is 7.86. The quantitative estimate of drug-likeness (QED) is 0.844. The molecule has 1 fully saturated rings. The van der Waals surface area contributed by atoms with Crippen LogP contribution in [0.2, 0.25) is 0 Å². The van der Waals surface area contributed by atoms with Crippen molar-refractivity contribution in [1.29, 1.82) is 0 Å². The van der Waals surface area contributed by atoms with Crippen LogP contribution in [0.25, 0.3) is 0 Å². The van der Waals surface area contributed by atoms with E-state index >= 15 is 0 Å². The molecule has 2 aliphatic rings. The molecular formula is C17H24N4OS. The van der Waals surface area contributed by atoms with E-state index < -0.39 is 0 Å². The van der Waals surface area contributed by atoms with Gasteiger partial charge in [0.15, 0.2) is 5.17 Å². The van der Waals surface area contributed by atoms with Gasteiger partial charge in [-0.25, -0.2) is 0 Å². The van der Waals surface area contributed by atoms with E-state index in [0.717, 1.165) is 49.2 Å². The SMILES string of the molecule is C=CCn1c(C)cc(C2=NNC(=NC[C@@H]3CCCO3)SC2)c1C. The second-order valence-corrected chi connectivity index (χ2v) is 6.89. The van der Waals surface area contributed by atoms with Crippen molar-refractivity contribution in [2.24, 2.45) is 10.1 Å².